The van der Waals surface area contributed by atoms with Crippen molar-refractivity contribution >= 4 is 51.4 Å². The Labute approximate surface area is 178 Å². The van der Waals surface area contributed by atoms with E-state index in [-0.39, 0.29) is 35.8 Å². The second-order valence-electron chi connectivity index (χ2n) is 6.81. The maximum Gasteiger partial charge on any atom is 0.193 e. The Bertz CT molecular complexity index is 723. The lowest BCUT2D eigenvalue weighted by atomic mass is 10.2. The van der Waals surface area contributed by atoms with Gasteiger partial charge in [0.25, 0.3) is 0 Å². The summed E-state index contributed by atoms with van der Waals surface area (Å²) < 4.78 is 29.3. The van der Waals surface area contributed by atoms with Gasteiger partial charge in [-0.05, 0) is 45.0 Å². The van der Waals surface area contributed by atoms with Gasteiger partial charge in [0, 0.05) is 25.2 Å². The van der Waals surface area contributed by atoms with Crippen LogP contribution < -0.4 is 10.1 Å². The topological polar surface area (TPSA) is 71.0 Å². The highest BCUT2D eigenvalue weighted by Gasteiger charge is 2.40. The molecule has 1 atom stereocenters. The number of benzene rings is 1. The van der Waals surface area contributed by atoms with Gasteiger partial charge < -0.3 is 15.0 Å². The van der Waals surface area contributed by atoms with E-state index in [9.17, 15) is 8.42 Å². The minimum Gasteiger partial charge on any atom is -0.489 e. The van der Waals surface area contributed by atoms with Gasteiger partial charge in [0.1, 0.15) is 11.9 Å². The molecule has 0 radical (unpaired) electrons. The predicted molar refractivity (Wildman–Crippen MR) is 118 cm³/mol. The van der Waals surface area contributed by atoms with Crippen molar-refractivity contribution in [2.45, 2.75) is 31.6 Å². The molecule has 1 fully saturated rings. The number of hydrogen-bond acceptors (Lipinski definition) is 4. The van der Waals surface area contributed by atoms with Crippen LogP contribution in [0.25, 0.3) is 0 Å². The summed E-state index contributed by atoms with van der Waals surface area (Å²) in [6, 6.07) is 7.22. The molecule has 9 heteroatoms. The zero-order chi connectivity index (χ0) is 18.7. The van der Waals surface area contributed by atoms with E-state index < -0.39 is 14.6 Å². The molecule has 148 valence electrons. The normalized spacial score (nSPS) is 20.0. The van der Waals surface area contributed by atoms with Gasteiger partial charge in [-0.1, -0.05) is 11.6 Å². The fourth-order valence-electron chi connectivity index (χ4n) is 2.68. The van der Waals surface area contributed by atoms with Crippen molar-refractivity contribution in [1.82, 2.24) is 10.2 Å². The summed E-state index contributed by atoms with van der Waals surface area (Å²) in [7, 11) is -1.37. The predicted octanol–water partition coefficient (Wildman–Crippen LogP) is 2.81. The van der Waals surface area contributed by atoms with Gasteiger partial charge in [0.2, 0.25) is 0 Å². The molecule has 1 saturated heterocycles. The first-order chi connectivity index (χ1) is 11.6. The smallest absolute Gasteiger partial charge is 0.193 e. The summed E-state index contributed by atoms with van der Waals surface area (Å²) in [5, 5.41) is 3.93. The minimum absolute atomic E-state index is 0. The largest absolute Gasteiger partial charge is 0.489 e. The third kappa shape index (κ3) is 5.88. The third-order valence-corrected chi connectivity index (χ3v) is 7.04. The summed E-state index contributed by atoms with van der Waals surface area (Å²) in [5.41, 5.74) is 0. The monoisotopic (exact) mass is 515 g/mol. The van der Waals surface area contributed by atoms with Crippen LogP contribution in [0.3, 0.4) is 0 Å². The van der Waals surface area contributed by atoms with Crippen LogP contribution in [0, 0.1) is 0 Å². The number of hydrogen-bond donors (Lipinski definition) is 1. The lowest BCUT2D eigenvalue weighted by Gasteiger charge is -2.39. The summed E-state index contributed by atoms with van der Waals surface area (Å²) in [6.45, 7) is 6.89. The first kappa shape index (κ1) is 23.3. The molecule has 0 saturated carbocycles. The van der Waals surface area contributed by atoms with Gasteiger partial charge in [-0.25, -0.2) is 8.42 Å². The molecule has 0 bridgehead atoms. The summed E-state index contributed by atoms with van der Waals surface area (Å²) in [4.78, 5) is 6.26. The van der Waals surface area contributed by atoms with Crippen LogP contribution in [0.15, 0.2) is 29.3 Å². The fraction of sp³-hybridized carbons (Fsp3) is 0.588. The van der Waals surface area contributed by atoms with Gasteiger partial charge >= 0.3 is 0 Å². The van der Waals surface area contributed by atoms with Crippen LogP contribution in [-0.4, -0.2) is 62.6 Å². The van der Waals surface area contributed by atoms with Crippen molar-refractivity contribution in [3.05, 3.63) is 29.3 Å². The van der Waals surface area contributed by atoms with E-state index in [0.717, 1.165) is 5.75 Å². The van der Waals surface area contributed by atoms with E-state index in [1.807, 2.05) is 24.0 Å². The van der Waals surface area contributed by atoms with E-state index in [1.165, 1.54) is 0 Å². The molecule has 0 aliphatic carbocycles. The average Bonchev–Trinajstić information content (AvgIpc) is 2.53. The van der Waals surface area contributed by atoms with Crippen LogP contribution in [0.4, 0.5) is 0 Å². The zero-order valence-corrected chi connectivity index (χ0v) is 19.4. The molecule has 2 rings (SSSR count). The highest BCUT2D eigenvalue weighted by Crippen LogP contribution is 2.23. The Balaban J connectivity index is 0.00000338. The second kappa shape index (κ2) is 9.45. The van der Waals surface area contributed by atoms with Crippen LogP contribution >= 0.6 is 35.6 Å². The first-order valence-electron chi connectivity index (χ1n) is 8.25. The van der Waals surface area contributed by atoms with Crippen molar-refractivity contribution in [2.75, 3.05) is 32.4 Å². The summed E-state index contributed by atoms with van der Waals surface area (Å²) in [5.74, 6) is 1.57. The van der Waals surface area contributed by atoms with Crippen molar-refractivity contribution in [3.8, 4) is 5.75 Å². The molecule has 6 nitrogen and oxygen atoms in total. The number of sulfone groups is 1. The Kier molecular flexibility index (Phi) is 8.47. The number of guanidine groups is 1. The number of aliphatic imine (C=N–C) groups is 1. The molecule has 26 heavy (non-hydrogen) atoms. The molecule has 0 aromatic heterocycles. The van der Waals surface area contributed by atoms with E-state index in [2.05, 4.69) is 10.3 Å². The Morgan fingerprint density at radius 3 is 2.54 bits per heavy atom. The molecule has 1 aliphatic rings. The van der Waals surface area contributed by atoms with Crippen LogP contribution in [0.5, 0.6) is 5.75 Å². The highest BCUT2D eigenvalue weighted by atomic mass is 127. The Morgan fingerprint density at radius 1 is 1.38 bits per heavy atom. The minimum atomic E-state index is -3.07. The average molecular weight is 516 g/mol. The van der Waals surface area contributed by atoms with Crippen LogP contribution in [0.2, 0.25) is 5.02 Å². The Morgan fingerprint density at radius 2 is 2.00 bits per heavy atom. The number of nitrogens with zero attached hydrogens (tertiary/aromatic N) is 2. The number of rotatable bonds is 4. The summed E-state index contributed by atoms with van der Waals surface area (Å²) >= 11 is 5.87. The van der Waals surface area contributed by atoms with Gasteiger partial charge in [-0.15, -0.1) is 24.0 Å². The van der Waals surface area contributed by atoms with Crippen molar-refractivity contribution < 1.29 is 13.2 Å². The second-order valence-corrected chi connectivity index (χ2v) is 9.99. The van der Waals surface area contributed by atoms with Gasteiger partial charge in [-0.3, -0.25) is 4.99 Å². The standard InChI is InChI=1S/C17H26ClN3O3S.HI/c1-13(24-15-7-5-14(18)6-8-15)11-20-16(19-4)21-9-10-25(22,23)17(2,3)12-21;/h5-8,13H,9-12H2,1-4H3,(H,19,20);1H. The van der Waals surface area contributed by atoms with Crippen LogP contribution in [0.1, 0.15) is 20.8 Å². The molecular formula is C17H27ClIN3O3S. The molecule has 1 heterocycles. The molecule has 0 amide bonds. The van der Waals surface area contributed by atoms with Gasteiger partial charge in [0.15, 0.2) is 15.8 Å². The van der Waals surface area contributed by atoms with Crippen molar-refractivity contribution in [3.63, 3.8) is 0 Å². The lowest BCUT2D eigenvalue weighted by Crippen LogP contribution is -2.57. The van der Waals surface area contributed by atoms with E-state index in [1.54, 1.807) is 33.0 Å². The van der Waals surface area contributed by atoms with Crippen molar-refractivity contribution in [1.29, 1.82) is 0 Å². The van der Waals surface area contributed by atoms with Gasteiger partial charge in [-0.2, -0.15) is 0 Å². The molecule has 1 aliphatic heterocycles. The number of nitrogens with one attached hydrogen (secondary N) is 1. The molecule has 1 unspecified atom stereocenters. The first-order valence-corrected chi connectivity index (χ1v) is 10.3. The number of ether oxygens (including phenoxy) is 1. The third-order valence-electron chi connectivity index (χ3n) is 4.25. The summed E-state index contributed by atoms with van der Waals surface area (Å²) in [6.07, 6.45) is -0.0838. The maximum absolute atomic E-state index is 12.1. The molecule has 1 N–H and O–H groups in total. The molecule has 1 aromatic carbocycles. The Hall–Kier alpha value is -0.740. The van der Waals surface area contributed by atoms with Gasteiger partial charge in [0.05, 0.1) is 17.0 Å². The van der Waals surface area contributed by atoms with Crippen molar-refractivity contribution in [2.24, 2.45) is 4.99 Å². The van der Waals surface area contributed by atoms with E-state index in [4.69, 9.17) is 16.3 Å². The molecule has 1 aromatic rings. The highest BCUT2D eigenvalue weighted by molar-refractivity contribution is 14.0. The van der Waals surface area contributed by atoms with Crippen LogP contribution in [-0.2, 0) is 9.84 Å². The quantitative estimate of drug-likeness (QED) is 0.379. The molecular weight excluding hydrogens is 489 g/mol. The van der Waals surface area contributed by atoms with E-state index in [0.29, 0.717) is 30.6 Å². The SMILES string of the molecule is CN=C(NCC(C)Oc1ccc(Cl)cc1)N1CCS(=O)(=O)C(C)(C)C1.I. The number of halogens is 2. The fourth-order valence-corrected chi connectivity index (χ4v) is 4.17. The maximum atomic E-state index is 12.1. The molecule has 0 spiro atoms. The zero-order valence-electron chi connectivity index (χ0n) is 15.5. The van der Waals surface area contributed by atoms with E-state index >= 15 is 0 Å². The lowest BCUT2D eigenvalue weighted by molar-refractivity contribution is 0.221.